The van der Waals surface area contributed by atoms with Crippen LogP contribution < -0.4 is 0 Å². The molecule has 0 amide bonds. The summed E-state index contributed by atoms with van der Waals surface area (Å²) >= 11 is 0. The number of ether oxygens (including phenoxy) is 1. The first-order valence-electron chi connectivity index (χ1n) is 7.84. The maximum atomic E-state index is 5.66. The Hall–Kier alpha value is -2.25. The van der Waals surface area contributed by atoms with E-state index in [1.807, 2.05) is 29.8 Å². The number of aromatic nitrogens is 5. The number of morpholine rings is 1. The average molecular weight is 312 g/mol. The smallest absolute Gasteiger partial charge is 0.159 e. The maximum Gasteiger partial charge on any atom is 0.159 e. The number of nitrogens with zero attached hydrogens (tertiary/aromatic N) is 5. The summed E-state index contributed by atoms with van der Waals surface area (Å²) in [6, 6.07) is 4.24. The van der Waals surface area contributed by atoms with Crippen LogP contribution in [0.2, 0.25) is 0 Å². The van der Waals surface area contributed by atoms with Crippen molar-refractivity contribution in [1.82, 2.24) is 29.7 Å². The zero-order valence-electron chi connectivity index (χ0n) is 13.4. The van der Waals surface area contributed by atoms with Crippen molar-refractivity contribution in [1.29, 1.82) is 0 Å². The molecule has 0 saturated carbocycles. The SMILES string of the molecule is Cc1cc(C)n2ncc(CN3CCOC[C@H]3c3ccn[nH]3)c2n1. The molecule has 0 radical (unpaired) electrons. The summed E-state index contributed by atoms with van der Waals surface area (Å²) in [5.41, 5.74) is 5.29. The van der Waals surface area contributed by atoms with Crippen LogP contribution in [0.1, 0.15) is 28.7 Å². The van der Waals surface area contributed by atoms with Crippen molar-refractivity contribution < 1.29 is 4.74 Å². The Balaban J connectivity index is 1.66. The molecule has 23 heavy (non-hydrogen) atoms. The van der Waals surface area contributed by atoms with E-state index in [4.69, 9.17) is 4.74 Å². The van der Waals surface area contributed by atoms with Gasteiger partial charge in [0.25, 0.3) is 0 Å². The standard InChI is InChI=1S/C16H20N6O/c1-11-7-12(2)22-16(19-11)13(8-18-22)9-21-5-6-23-10-15(21)14-3-4-17-20-14/h3-4,7-8,15H,5-6,9-10H2,1-2H3,(H,17,20)/t15-/m0/s1. The first kappa shape index (κ1) is 14.3. The van der Waals surface area contributed by atoms with Crippen molar-refractivity contribution in [3.8, 4) is 0 Å². The number of fused-ring (bicyclic) bond motifs is 1. The van der Waals surface area contributed by atoms with Crippen LogP contribution in [-0.2, 0) is 11.3 Å². The molecule has 4 heterocycles. The highest BCUT2D eigenvalue weighted by Crippen LogP contribution is 2.25. The Labute approximate surface area is 134 Å². The van der Waals surface area contributed by atoms with Crippen LogP contribution in [0.3, 0.4) is 0 Å². The van der Waals surface area contributed by atoms with E-state index in [1.165, 1.54) is 0 Å². The summed E-state index contributed by atoms with van der Waals surface area (Å²) in [4.78, 5) is 7.07. The van der Waals surface area contributed by atoms with Crippen LogP contribution in [0.15, 0.2) is 24.5 Å². The van der Waals surface area contributed by atoms with Gasteiger partial charge in [-0.1, -0.05) is 0 Å². The molecule has 1 atom stereocenters. The Kier molecular flexibility index (Phi) is 3.59. The molecule has 1 aliphatic heterocycles. The summed E-state index contributed by atoms with van der Waals surface area (Å²) in [6.07, 6.45) is 3.71. The molecule has 0 aromatic carbocycles. The molecule has 0 unspecified atom stereocenters. The molecule has 3 aromatic rings. The van der Waals surface area contributed by atoms with Crippen LogP contribution >= 0.6 is 0 Å². The van der Waals surface area contributed by atoms with Crippen LogP contribution in [-0.4, -0.2) is 49.5 Å². The van der Waals surface area contributed by atoms with E-state index in [1.54, 1.807) is 6.20 Å². The molecule has 1 aliphatic rings. The van der Waals surface area contributed by atoms with Gasteiger partial charge >= 0.3 is 0 Å². The lowest BCUT2D eigenvalue weighted by atomic mass is 10.1. The van der Waals surface area contributed by atoms with Crippen molar-refractivity contribution in [2.45, 2.75) is 26.4 Å². The van der Waals surface area contributed by atoms with Gasteiger partial charge in [-0.05, 0) is 26.0 Å². The van der Waals surface area contributed by atoms with Gasteiger partial charge in [-0.25, -0.2) is 9.50 Å². The molecule has 0 bridgehead atoms. The van der Waals surface area contributed by atoms with Crippen LogP contribution in [0.25, 0.3) is 5.65 Å². The first-order valence-corrected chi connectivity index (χ1v) is 7.84. The van der Waals surface area contributed by atoms with Crippen molar-refractivity contribution in [2.75, 3.05) is 19.8 Å². The number of aromatic amines is 1. The van der Waals surface area contributed by atoms with E-state index in [0.29, 0.717) is 6.61 Å². The molecule has 1 saturated heterocycles. The minimum absolute atomic E-state index is 0.187. The van der Waals surface area contributed by atoms with Crippen molar-refractivity contribution in [3.63, 3.8) is 0 Å². The zero-order valence-corrected chi connectivity index (χ0v) is 13.4. The molecule has 0 spiro atoms. The predicted molar refractivity (Wildman–Crippen MR) is 85.0 cm³/mol. The molecule has 3 aromatic heterocycles. The van der Waals surface area contributed by atoms with E-state index < -0.39 is 0 Å². The molecule has 1 N–H and O–H groups in total. The Morgan fingerprint density at radius 1 is 1.39 bits per heavy atom. The minimum atomic E-state index is 0.187. The van der Waals surface area contributed by atoms with Crippen LogP contribution in [0.5, 0.6) is 0 Å². The predicted octanol–water partition coefficient (Wildman–Crippen LogP) is 1.64. The molecule has 0 aliphatic carbocycles. The molecule has 4 rings (SSSR count). The zero-order chi connectivity index (χ0) is 15.8. The number of nitrogens with one attached hydrogen (secondary N) is 1. The summed E-state index contributed by atoms with van der Waals surface area (Å²) in [7, 11) is 0. The van der Waals surface area contributed by atoms with Gasteiger partial charge in [-0.3, -0.25) is 10.00 Å². The molecule has 120 valence electrons. The highest BCUT2D eigenvalue weighted by Gasteiger charge is 2.26. The van der Waals surface area contributed by atoms with Gasteiger partial charge in [0.05, 0.1) is 31.1 Å². The van der Waals surface area contributed by atoms with Gasteiger partial charge in [-0.2, -0.15) is 10.2 Å². The van der Waals surface area contributed by atoms with Gasteiger partial charge < -0.3 is 4.74 Å². The fourth-order valence-electron chi connectivity index (χ4n) is 3.21. The summed E-state index contributed by atoms with van der Waals surface area (Å²) in [5, 5.41) is 11.6. The number of hydrogen-bond acceptors (Lipinski definition) is 5. The minimum Gasteiger partial charge on any atom is -0.378 e. The lowest BCUT2D eigenvalue weighted by Crippen LogP contribution is -2.39. The van der Waals surface area contributed by atoms with Gasteiger partial charge in [0.2, 0.25) is 0 Å². The Morgan fingerprint density at radius 3 is 3.13 bits per heavy atom. The van der Waals surface area contributed by atoms with Gasteiger partial charge in [0, 0.05) is 36.2 Å². The van der Waals surface area contributed by atoms with E-state index in [2.05, 4.69) is 32.1 Å². The summed E-state index contributed by atoms with van der Waals surface area (Å²) < 4.78 is 7.57. The fraction of sp³-hybridized carbons (Fsp3) is 0.438. The third-order valence-electron chi connectivity index (χ3n) is 4.35. The van der Waals surface area contributed by atoms with E-state index in [9.17, 15) is 0 Å². The van der Waals surface area contributed by atoms with Gasteiger partial charge in [0.15, 0.2) is 5.65 Å². The topological polar surface area (TPSA) is 71.3 Å². The third-order valence-corrected chi connectivity index (χ3v) is 4.35. The number of aryl methyl sites for hydroxylation is 2. The first-order chi connectivity index (χ1) is 11.2. The lowest BCUT2D eigenvalue weighted by molar-refractivity contribution is -0.0141. The summed E-state index contributed by atoms with van der Waals surface area (Å²) in [5.74, 6) is 0. The van der Waals surface area contributed by atoms with Crippen LogP contribution in [0.4, 0.5) is 0 Å². The van der Waals surface area contributed by atoms with Crippen molar-refractivity contribution >= 4 is 5.65 Å². The van der Waals surface area contributed by atoms with Crippen molar-refractivity contribution in [3.05, 3.63) is 47.2 Å². The largest absolute Gasteiger partial charge is 0.378 e. The van der Waals surface area contributed by atoms with Crippen molar-refractivity contribution in [2.24, 2.45) is 0 Å². The third kappa shape index (κ3) is 2.62. The highest BCUT2D eigenvalue weighted by molar-refractivity contribution is 5.48. The number of rotatable bonds is 3. The molecule has 7 nitrogen and oxygen atoms in total. The normalized spacial score (nSPS) is 19.5. The molecule has 7 heteroatoms. The average Bonchev–Trinajstić information content (AvgIpc) is 3.18. The number of H-pyrrole nitrogens is 1. The molecular formula is C16H20N6O. The lowest BCUT2D eigenvalue weighted by Gasteiger charge is -2.34. The summed E-state index contributed by atoms with van der Waals surface area (Å²) in [6.45, 7) is 7.17. The highest BCUT2D eigenvalue weighted by atomic mass is 16.5. The van der Waals surface area contributed by atoms with E-state index in [0.717, 1.165) is 48.0 Å². The molecular weight excluding hydrogens is 292 g/mol. The Morgan fingerprint density at radius 2 is 2.30 bits per heavy atom. The number of hydrogen-bond donors (Lipinski definition) is 1. The van der Waals surface area contributed by atoms with Gasteiger partial charge in [0.1, 0.15) is 0 Å². The second-order valence-corrected chi connectivity index (χ2v) is 6.02. The van der Waals surface area contributed by atoms with Crippen LogP contribution in [0, 0.1) is 13.8 Å². The van der Waals surface area contributed by atoms with Gasteiger partial charge in [-0.15, -0.1) is 0 Å². The second kappa shape index (κ2) is 5.75. The second-order valence-electron chi connectivity index (χ2n) is 6.02. The monoisotopic (exact) mass is 312 g/mol. The molecule has 1 fully saturated rings. The van der Waals surface area contributed by atoms with E-state index in [-0.39, 0.29) is 6.04 Å². The fourth-order valence-corrected chi connectivity index (χ4v) is 3.21. The van der Waals surface area contributed by atoms with E-state index >= 15 is 0 Å². The maximum absolute atomic E-state index is 5.66. The Bertz CT molecular complexity index is 809. The quantitative estimate of drug-likeness (QED) is 0.796.